The number of benzene rings is 1. The van der Waals surface area contributed by atoms with Crippen molar-refractivity contribution < 1.29 is 0 Å². The summed E-state index contributed by atoms with van der Waals surface area (Å²) in [4.78, 5) is 2.20. The average molecular weight is 214 g/mol. The molecule has 0 bridgehead atoms. The topological polar surface area (TPSA) is 15.3 Å². The van der Waals surface area contributed by atoms with Crippen LogP contribution in [0.4, 0.5) is 0 Å². The molecule has 1 unspecified atom stereocenters. The summed E-state index contributed by atoms with van der Waals surface area (Å²) in [5.41, 5.74) is 2.90. The first-order valence-electron chi connectivity index (χ1n) is 5.72. The van der Waals surface area contributed by atoms with E-state index in [1.54, 1.807) is 0 Å². The minimum absolute atomic E-state index is 0.559. The van der Waals surface area contributed by atoms with Gasteiger partial charge in [0.2, 0.25) is 0 Å². The molecule has 0 spiro atoms. The molecule has 0 fully saturated rings. The number of nitrogens with one attached hydrogen (secondary N) is 1. The van der Waals surface area contributed by atoms with Crippen LogP contribution in [0.15, 0.2) is 24.3 Å². The fourth-order valence-electron chi connectivity index (χ4n) is 2.34. The van der Waals surface area contributed by atoms with E-state index in [9.17, 15) is 0 Å². The molecule has 16 heavy (non-hydrogen) atoms. The first-order valence-corrected chi connectivity index (χ1v) is 5.72. The summed E-state index contributed by atoms with van der Waals surface area (Å²) in [5.74, 6) is 3.25. The van der Waals surface area contributed by atoms with Gasteiger partial charge in [-0.05, 0) is 18.2 Å². The zero-order valence-electron chi connectivity index (χ0n) is 9.74. The van der Waals surface area contributed by atoms with Gasteiger partial charge >= 0.3 is 0 Å². The summed E-state index contributed by atoms with van der Waals surface area (Å²) < 4.78 is 0. The maximum atomic E-state index is 5.32. The van der Waals surface area contributed by atoms with Gasteiger partial charge in [-0.1, -0.05) is 30.2 Å². The number of nitrogens with zero attached hydrogens (tertiary/aromatic N) is 1. The van der Waals surface area contributed by atoms with Crippen molar-refractivity contribution in [3.8, 4) is 12.3 Å². The molecule has 0 saturated heterocycles. The first kappa shape index (κ1) is 11.2. The van der Waals surface area contributed by atoms with Crippen LogP contribution in [-0.4, -0.2) is 31.6 Å². The zero-order valence-corrected chi connectivity index (χ0v) is 9.74. The molecule has 1 aromatic carbocycles. The Morgan fingerprint density at radius 1 is 1.50 bits per heavy atom. The van der Waals surface area contributed by atoms with E-state index < -0.39 is 0 Å². The normalized spacial score (nSPS) is 19.2. The molecule has 1 N–H and O–H groups in total. The molecule has 2 nitrogen and oxygen atoms in total. The van der Waals surface area contributed by atoms with Crippen molar-refractivity contribution in [2.45, 2.75) is 12.5 Å². The van der Waals surface area contributed by atoms with Crippen LogP contribution in [-0.2, 0) is 6.54 Å². The Bertz CT molecular complexity index is 392. The standard InChI is InChI=1S/C14H18N2/c1-3-8-16(2)11-13-10-15-9-12-6-4-5-7-14(12)13/h1,4-7,13,15H,8-11H2,2H3. The molecular weight excluding hydrogens is 196 g/mol. The second-order valence-electron chi connectivity index (χ2n) is 4.43. The summed E-state index contributed by atoms with van der Waals surface area (Å²) in [6, 6.07) is 8.67. The molecule has 0 amide bonds. The summed E-state index contributed by atoms with van der Waals surface area (Å²) in [7, 11) is 2.08. The number of rotatable bonds is 3. The Kier molecular flexibility index (Phi) is 3.61. The molecule has 1 aliphatic rings. The molecule has 2 rings (SSSR count). The van der Waals surface area contributed by atoms with Crippen molar-refractivity contribution in [3.63, 3.8) is 0 Å². The van der Waals surface area contributed by atoms with Gasteiger partial charge in [0.05, 0.1) is 6.54 Å². The van der Waals surface area contributed by atoms with Crippen molar-refractivity contribution in [2.75, 3.05) is 26.7 Å². The van der Waals surface area contributed by atoms with E-state index in [1.807, 2.05) is 0 Å². The fraction of sp³-hybridized carbons (Fsp3) is 0.429. The minimum atomic E-state index is 0.559. The summed E-state index contributed by atoms with van der Waals surface area (Å²) in [6.45, 7) is 3.78. The largest absolute Gasteiger partial charge is 0.312 e. The molecular formula is C14H18N2. The van der Waals surface area contributed by atoms with Crippen LogP contribution >= 0.6 is 0 Å². The summed E-state index contributed by atoms with van der Waals surface area (Å²) in [6.07, 6.45) is 5.32. The van der Waals surface area contributed by atoms with E-state index in [1.165, 1.54) is 11.1 Å². The highest BCUT2D eigenvalue weighted by molar-refractivity contribution is 5.32. The summed E-state index contributed by atoms with van der Waals surface area (Å²) in [5, 5.41) is 3.46. The van der Waals surface area contributed by atoms with Gasteiger partial charge in [-0.2, -0.15) is 0 Å². The lowest BCUT2D eigenvalue weighted by Crippen LogP contribution is -2.35. The second-order valence-corrected chi connectivity index (χ2v) is 4.43. The van der Waals surface area contributed by atoms with Crippen molar-refractivity contribution in [1.82, 2.24) is 10.2 Å². The van der Waals surface area contributed by atoms with Crippen LogP contribution in [0.2, 0.25) is 0 Å². The Morgan fingerprint density at radius 2 is 2.31 bits per heavy atom. The van der Waals surface area contributed by atoms with Gasteiger partial charge in [0, 0.05) is 25.6 Å². The first-order chi connectivity index (χ1) is 7.81. The monoisotopic (exact) mass is 214 g/mol. The molecule has 2 heteroatoms. The Balaban J connectivity index is 2.10. The molecule has 0 aromatic heterocycles. The molecule has 1 heterocycles. The number of likely N-dealkylation sites (N-methyl/N-ethyl adjacent to an activating group) is 1. The maximum absolute atomic E-state index is 5.32. The maximum Gasteiger partial charge on any atom is 0.0596 e. The molecule has 1 atom stereocenters. The average Bonchev–Trinajstić information content (AvgIpc) is 2.30. The van der Waals surface area contributed by atoms with E-state index in [4.69, 9.17) is 6.42 Å². The Morgan fingerprint density at radius 3 is 3.12 bits per heavy atom. The highest BCUT2D eigenvalue weighted by Gasteiger charge is 2.20. The third-order valence-electron chi connectivity index (χ3n) is 3.09. The lowest BCUT2D eigenvalue weighted by molar-refractivity contribution is 0.332. The Hall–Kier alpha value is -1.30. The quantitative estimate of drug-likeness (QED) is 0.766. The summed E-state index contributed by atoms with van der Waals surface area (Å²) >= 11 is 0. The van der Waals surface area contributed by atoms with Gasteiger partial charge < -0.3 is 5.32 Å². The molecule has 84 valence electrons. The third kappa shape index (κ3) is 2.44. The van der Waals surface area contributed by atoms with E-state index in [2.05, 4.69) is 47.5 Å². The molecule has 1 aliphatic heterocycles. The van der Waals surface area contributed by atoms with E-state index in [-0.39, 0.29) is 0 Å². The van der Waals surface area contributed by atoms with E-state index in [0.717, 1.165) is 26.2 Å². The van der Waals surface area contributed by atoms with Crippen LogP contribution in [0, 0.1) is 12.3 Å². The fourth-order valence-corrected chi connectivity index (χ4v) is 2.34. The van der Waals surface area contributed by atoms with Gasteiger partial charge in [0.1, 0.15) is 0 Å². The number of terminal acetylenes is 1. The van der Waals surface area contributed by atoms with Crippen LogP contribution in [0.5, 0.6) is 0 Å². The molecule has 0 radical (unpaired) electrons. The lowest BCUT2D eigenvalue weighted by atomic mass is 9.90. The van der Waals surface area contributed by atoms with Crippen molar-refractivity contribution >= 4 is 0 Å². The number of hydrogen-bond acceptors (Lipinski definition) is 2. The Labute approximate surface area is 97.7 Å². The minimum Gasteiger partial charge on any atom is -0.312 e. The van der Waals surface area contributed by atoms with Crippen LogP contribution in [0.3, 0.4) is 0 Å². The van der Waals surface area contributed by atoms with Crippen LogP contribution in [0.25, 0.3) is 0 Å². The van der Waals surface area contributed by atoms with Gasteiger partial charge in [-0.25, -0.2) is 0 Å². The van der Waals surface area contributed by atoms with E-state index >= 15 is 0 Å². The van der Waals surface area contributed by atoms with Gasteiger partial charge in [0.25, 0.3) is 0 Å². The van der Waals surface area contributed by atoms with Crippen LogP contribution < -0.4 is 5.32 Å². The van der Waals surface area contributed by atoms with E-state index in [0.29, 0.717) is 5.92 Å². The highest BCUT2D eigenvalue weighted by Crippen LogP contribution is 2.24. The van der Waals surface area contributed by atoms with Gasteiger partial charge in [0.15, 0.2) is 0 Å². The predicted molar refractivity (Wildman–Crippen MR) is 67.2 cm³/mol. The van der Waals surface area contributed by atoms with Crippen molar-refractivity contribution in [1.29, 1.82) is 0 Å². The van der Waals surface area contributed by atoms with Crippen molar-refractivity contribution in [2.24, 2.45) is 0 Å². The number of fused-ring (bicyclic) bond motifs is 1. The third-order valence-corrected chi connectivity index (χ3v) is 3.09. The van der Waals surface area contributed by atoms with Gasteiger partial charge in [-0.3, -0.25) is 4.90 Å². The SMILES string of the molecule is C#CCN(C)CC1CNCc2ccccc21. The second kappa shape index (κ2) is 5.16. The van der Waals surface area contributed by atoms with Crippen LogP contribution in [0.1, 0.15) is 17.0 Å². The zero-order chi connectivity index (χ0) is 11.4. The molecule has 0 aliphatic carbocycles. The predicted octanol–water partition coefficient (Wildman–Crippen LogP) is 1.44. The van der Waals surface area contributed by atoms with Crippen molar-refractivity contribution in [3.05, 3.63) is 35.4 Å². The van der Waals surface area contributed by atoms with Gasteiger partial charge in [-0.15, -0.1) is 6.42 Å². The number of hydrogen-bond donors (Lipinski definition) is 1. The highest BCUT2D eigenvalue weighted by atomic mass is 15.1. The molecule has 1 aromatic rings. The smallest absolute Gasteiger partial charge is 0.0596 e. The lowest BCUT2D eigenvalue weighted by Gasteiger charge is -2.29. The molecule has 0 saturated carbocycles.